The summed E-state index contributed by atoms with van der Waals surface area (Å²) in [4.78, 5) is 22.7. The summed E-state index contributed by atoms with van der Waals surface area (Å²) in [6, 6.07) is 0. The molecule has 1 heterocycles. The molecule has 0 aromatic rings. The summed E-state index contributed by atoms with van der Waals surface area (Å²) in [5.41, 5.74) is 0.294. The number of rotatable bonds is 6. The van der Waals surface area contributed by atoms with Crippen molar-refractivity contribution in [2.45, 2.75) is 52.6 Å². The van der Waals surface area contributed by atoms with Crippen LogP contribution >= 0.6 is 0 Å². The highest BCUT2D eigenvalue weighted by Gasteiger charge is 2.46. The Bertz CT molecular complexity index is 342. The molecule has 0 radical (unpaired) electrons. The van der Waals surface area contributed by atoms with Crippen molar-refractivity contribution in [3.05, 3.63) is 12.2 Å². The van der Waals surface area contributed by atoms with Gasteiger partial charge in [-0.05, 0) is 19.8 Å². The van der Waals surface area contributed by atoms with Crippen LogP contribution in [0.2, 0.25) is 0 Å². The van der Waals surface area contributed by atoms with Crippen molar-refractivity contribution in [3.63, 3.8) is 0 Å². The molecule has 0 spiro atoms. The predicted molar refractivity (Wildman–Crippen MR) is 67.9 cm³/mol. The van der Waals surface area contributed by atoms with E-state index in [1.165, 1.54) is 0 Å². The molecule has 1 saturated heterocycles. The van der Waals surface area contributed by atoms with E-state index in [1.807, 2.05) is 0 Å². The van der Waals surface area contributed by atoms with Gasteiger partial charge in [0.25, 0.3) is 0 Å². The van der Waals surface area contributed by atoms with Gasteiger partial charge in [0.15, 0.2) is 0 Å². The molecule has 0 amide bonds. The Labute approximate surface area is 108 Å². The predicted octanol–water partition coefficient (Wildman–Crippen LogP) is 2.62. The Morgan fingerprint density at radius 2 is 2.11 bits per heavy atom. The lowest BCUT2D eigenvalue weighted by Gasteiger charge is -2.30. The molecule has 1 fully saturated rings. The SMILES string of the molecule is C=C(C)C(=O)OCCC1OC(=O)CC1(CC)CC. The summed E-state index contributed by atoms with van der Waals surface area (Å²) >= 11 is 0. The highest BCUT2D eigenvalue weighted by molar-refractivity contribution is 5.86. The van der Waals surface area contributed by atoms with Gasteiger partial charge in [-0.3, -0.25) is 4.79 Å². The van der Waals surface area contributed by atoms with Crippen LogP contribution in [0.4, 0.5) is 0 Å². The van der Waals surface area contributed by atoms with E-state index in [0.717, 1.165) is 12.8 Å². The normalized spacial score (nSPS) is 21.5. The van der Waals surface area contributed by atoms with Gasteiger partial charge in [-0.1, -0.05) is 20.4 Å². The van der Waals surface area contributed by atoms with E-state index in [-0.39, 0.29) is 24.1 Å². The van der Waals surface area contributed by atoms with E-state index in [4.69, 9.17) is 9.47 Å². The Kier molecular flexibility index (Phi) is 4.93. The van der Waals surface area contributed by atoms with E-state index in [9.17, 15) is 9.59 Å². The summed E-state index contributed by atoms with van der Waals surface area (Å²) in [7, 11) is 0. The zero-order valence-corrected chi connectivity index (χ0v) is 11.5. The van der Waals surface area contributed by atoms with Crippen molar-refractivity contribution in [1.82, 2.24) is 0 Å². The molecule has 18 heavy (non-hydrogen) atoms. The number of carbonyl (C=O) groups excluding carboxylic acids is 2. The van der Waals surface area contributed by atoms with Gasteiger partial charge in [0, 0.05) is 17.4 Å². The maximum absolute atomic E-state index is 11.4. The fraction of sp³-hybridized carbons (Fsp3) is 0.714. The van der Waals surface area contributed by atoms with Crippen molar-refractivity contribution in [2.24, 2.45) is 5.41 Å². The molecule has 0 aliphatic carbocycles. The minimum Gasteiger partial charge on any atom is -0.462 e. The highest BCUT2D eigenvalue weighted by Crippen LogP contribution is 2.43. The molecule has 0 aromatic carbocycles. The first-order valence-corrected chi connectivity index (χ1v) is 6.47. The van der Waals surface area contributed by atoms with E-state index in [0.29, 0.717) is 18.4 Å². The number of carbonyl (C=O) groups is 2. The van der Waals surface area contributed by atoms with Crippen LogP contribution in [0.3, 0.4) is 0 Å². The third-order valence-electron chi connectivity index (χ3n) is 3.82. The minimum atomic E-state index is -0.391. The average molecular weight is 254 g/mol. The van der Waals surface area contributed by atoms with Gasteiger partial charge in [0.05, 0.1) is 13.0 Å². The number of cyclic esters (lactones) is 1. The molecule has 0 N–H and O–H groups in total. The van der Waals surface area contributed by atoms with Gasteiger partial charge in [-0.25, -0.2) is 4.79 Å². The van der Waals surface area contributed by atoms with Crippen LogP contribution in [0, 0.1) is 5.41 Å². The largest absolute Gasteiger partial charge is 0.462 e. The zero-order chi connectivity index (χ0) is 13.8. The molecule has 1 aliphatic heterocycles. The lowest BCUT2D eigenvalue weighted by Crippen LogP contribution is -2.31. The molecule has 102 valence electrons. The monoisotopic (exact) mass is 254 g/mol. The molecule has 1 unspecified atom stereocenters. The fourth-order valence-electron chi connectivity index (χ4n) is 2.43. The topological polar surface area (TPSA) is 52.6 Å². The van der Waals surface area contributed by atoms with E-state index >= 15 is 0 Å². The first kappa shape index (κ1) is 14.7. The molecule has 4 heteroatoms. The number of hydrogen-bond donors (Lipinski definition) is 0. The lowest BCUT2D eigenvalue weighted by molar-refractivity contribution is -0.144. The number of hydrogen-bond acceptors (Lipinski definition) is 4. The van der Waals surface area contributed by atoms with Gasteiger partial charge in [-0.2, -0.15) is 0 Å². The quantitative estimate of drug-likeness (QED) is 0.540. The Hall–Kier alpha value is -1.32. The third kappa shape index (κ3) is 3.12. The average Bonchev–Trinajstić information content (AvgIpc) is 2.66. The summed E-state index contributed by atoms with van der Waals surface area (Å²) < 4.78 is 10.4. The first-order valence-electron chi connectivity index (χ1n) is 6.47. The zero-order valence-electron chi connectivity index (χ0n) is 11.5. The molecule has 0 aromatic heterocycles. The Morgan fingerprint density at radius 3 is 2.61 bits per heavy atom. The highest BCUT2D eigenvalue weighted by atomic mass is 16.6. The number of esters is 2. The third-order valence-corrected chi connectivity index (χ3v) is 3.82. The first-order chi connectivity index (χ1) is 8.45. The second kappa shape index (κ2) is 6.03. The van der Waals surface area contributed by atoms with Gasteiger partial charge < -0.3 is 9.47 Å². The van der Waals surface area contributed by atoms with Crippen LogP contribution in [0.25, 0.3) is 0 Å². The summed E-state index contributed by atoms with van der Waals surface area (Å²) in [6.45, 7) is 9.53. The molecule has 0 saturated carbocycles. The smallest absolute Gasteiger partial charge is 0.333 e. The second-order valence-corrected chi connectivity index (χ2v) is 4.93. The molecule has 4 nitrogen and oxygen atoms in total. The van der Waals surface area contributed by atoms with Crippen molar-refractivity contribution >= 4 is 11.9 Å². The van der Waals surface area contributed by atoms with Crippen LogP contribution in [-0.2, 0) is 19.1 Å². The summed E-state index contributed by atoms with van der Waals surface area (Å²) in [5, 5.41) is 0. The minimum absolute atomic E-state index is 0.0906. The van der Waals surface area contributed by atoms with Gasteiger partial charge in [-0.15, -0.1) is 0 Å². The van der Waals surface area contributed by atoms with Crippen molar-refractivity contribution in [1.29, 1.82) is 0 Å². The van der Waals surface area contributed by atoms with Crippen molar-refractivity contribution in [2.75, 3.05) is 6.61 Å². The molecular weight excluding hydrogens is 232 g/mol. The van der Waals surface area contributed by atoms with Crippen LogP contribution in [0.5, 0.6) is 0 Å². The van der Waals surface area contributed by atoms with E-state index in [1.54, 1.807) is 6.92 Å². The van der Waals surface area contributed by atoms with Crippen LogP contribution in [0.1, 0.15) is 46.5 Å². The Balaban J connectivity index is 2.52. The maximum atomic E-state index is 11.4. The van der Waals surface area contributed by atoms with Crippen molar-refractivity contribution < 1.29 is 19.1 Å². The van der Waals surface area contributed by atoms with Crippen LogP contribution < -0.4 is 0 Å². The van der Waals surface area contributed by atoms with Gasteiger partial charge in [0.2, 0.25) is 0 Å². The molecule has 1 aliphatic rings. The Morgan fingerprint density at radius 1 is 1.50 bits per heavy atom. The number of ether oxygens (including phenoxy) is 2. The fourth-order valence-corrected chi connectivity index (χ4v) is 2.43. The standard InChI is InChI=1S/C14H22O4/c1-5-14(6-2)9-12(15)18-11(14)7-8-17-13(16)10(3)4/h11H,3,5-9H2,1-2,4H3. The van der Waals surface area contributed by atoms with Gasteiger partial charge >= 0.3 is 11.9 Å². The molecule has 1 rings (SSSR count). The molecular formula is C14H22O4. The summed E-state index contributed by atoms with van der Waals surface area (Å²) in [6.07, 6.45) is 2.69. The second-order valence-electron chi connectivity index (χ2n) is 4.93. The van der Waals surface area contributed by atoms with Crippen LogP contribution in [0.15, 0.2) is 12.2 Å². The van der Waals surface area contributed by atoms with E-state index in [2.05, 4.69) is 20.4 Å². The van der Waals surface area contributed by atoms with Crippen molar-refractivity contribution in [3.8, 4) is 0 Å². The van der Waals surface area contributed by atoms with Crippen LogP contribution in [-0.4, -0.2) is 24.6 Å². The molecule has 0 bridgehead atoms. The lowest BCUT2D eigenvalue weighted by atomic mass is 9.75. The summed E-state index contributed by atoms with van der Waals surface area (Å²) in [5.74, 6) is -0.534. The molecule has 1 atom stereocenters. The maximum Gasteiger partial charge on any atom is 0.333 e. The van der Waals surface area contributed by atoms with Gasteiger partial charge in [0.1, 0.15) is 6.10 Å². The van der Waals surface area contributed by atoms with E-state index < -0.39 is 5.97 Å².